The normalized spacial score (nSPS) is 10.5. The highest BCUT2D eigenvalue weighted by Crippen LogP contribution is 2.30. The number of nitrogens with zero attached hydrogens (tertiary/aromatic N) is 2. The van der Waals surface area contributed by atoms with Crippen molar-refractivity contribution in [2.75, 3.05) is 11.9 Å². The number of carbonyl (C=O) groups is 2. The predicted octanol–water partition coefficient (Wildman–Crippen LogP) is 3.20. The Kier molecular flexibility index (Phi) is 4.39. The summed E-state index contributed by atoms with van der Waals surface area (Å²) in [5.74, 6) is -1.06. The molecule has 2 heterocycles. The first-order valence-corrected chi connectivity index (χ1v) is 8.03. The number of nitrogens with one attached hydrogen (secondary N) is 2. The summed E-state index contributed by atoms with van der Waals surface area (Å²) in [6, 6.07) is 8.59. The number of carboxylic acid groups (broad SMARTS) is 1. The zero-order chi connectivity index (χ0) is 17.1. The van der Waals surface area contributed by atoms with Gasteiger partial charge in [-0.25, -0.2) is 19.6 Å². The summed E-state index contributed by atoms with van der Waals surface area (Å²) < 4.78 is 0.945. The Balaban J connectivity index is 1.88. The molecule has 24 heavy (non-hydrogen) atoms. The first kappa shape index (κ1) is 15.9. The van der Waals surface area contributed by atoms with Crippen LogP contribution in [-0.4, -0.2) is 33.6 Å². The molecule has 3 rings (SSSR count). The minimum Gasteiger partial charge on any atom is -0.477 e. The minimum absolute atomic E-state index is 0.00177. The molecule has 0 aliphatic rings. The van der Waals surface area contributed by atoms with Gasteiger partial charge in [-0.05, 0) is 30.7 Å². The van der Waals surface area contributed by atoms with Crippen LogP contribution in [-0.2, 0) is 0 Å². The second kappa shape index (κ2) is 6.63. The number of carbonyl (C=O) groups excluding carboxylic acids is 1. The van der Waals surface area contributed by atoms with Gasteiger partial charge in [-0.3, -0.25) is 5.32 Å². The van der Waals surface area contributed by atoms with Crippen molar-refractivity contribution in [2.24, 2.45) is 0 Å². The van der Waals surface area contributed by atoms with E-state index in [1.54, 1.807) is 6.07 Å². The Morgan fingerprint density at radius 2 is 2.00 bits per heavy atom. The highest BCUT2D eigenvalue weighted by atomic mass is 32.1. The van der Waals surface area contributed by atoms with Gasteiger partial charge in [0.1, 0.15) is 5.69 Å². The van der Waals surface area contributed by atoms with Crippen LogP contribution in [0.1, 0.15) is 17.4 Å². The van der Waals surface area contributed by atoms with Crippen LogP contribution in [0.25, 0.3) is 21.3 Å². The molecule has 0 radical (unpaired) electrons. The molecule has 0 spiro atoms. The number of rotatable bonds is 4. The summed E-state index contributed by atoms with van der Waals surface area (Å²) in [6.07, 6.45) is 1.52. The minimum atomic E-state index is -1.06. The second-order valence-corrected chi connectivity index (χ2v) is 5.95. The zero-order valence-electron chi connectivity index (χ0n) is 12.7. The number of hydrogen-bond acceptors (Lipinski definition) is 5. The Bertz CT molecular complexity index is 905. The second-order valence-electron chi connectivity index (χ2n) is 4.92. The average molecular weight is 342 g/mol. The van der Waals surface area contributed by atoms with E-state index < -0.39 is 5.97 Å². The number of aromatic nitrogens is 2. The Labute approximate surface area is 141 Å². The summed E-state index contributed by atoms with van der Waals surface area (Å²) in [5.41, 5.74) is 2.43. The fourth-order valence-electron chi connectivity index (χ4n) is 2.15. The van der Waals surface area contributed by atoms with Crippen LogP contribution < -0.4 is 10.6 Å². The molecule has 0 bridgehead atoms. The third kappa shape index (κ3) is 3.33. The molecule has 0 saturated carbocycles. The maximum absolute atomic E-state index is 11.6. The van der Waals surface area contributed by atoms with Crippen molar-refractivity contribution in [3.8, 4) is 11.1 Å². The standard InChI is InChI=1S/C16H14N4O3S/c1-2-17-15(23)20-16-19-12-7-9(4-6-13(12)24-16)10-3-5-11(14(21)22)18-8-10/h3-8H,2H2,1H3,(H,21,22)(H2,17,19,20,23). The number of hydrogen-bond donors (Lipinski definition) is 3. The van der Waals surface area contributed by atoms with Crippen LogP contribution in [0.3, 0.4) is 0 Å². The van der Waals surface area contributed by atoms with Gasteiger partial charge >= 0.3 is 12.0 Å². The van der Waals surface area contributed by atoms with Gasteiger partial charge in [-0.15, -0.1) is 0 Å². The van der Waals surface area contributed by atoms with Crippen LogP contribution in [0.2, 0.25) is 0 Å². The first-order valence-electron chi connectivity index (χ1n) is 7.22. The molecule has 0 aliphatic carbocycles. The molecule has 2 amide bonds. The fourth-order valence-corrected chi connectivity index (χ4v) is 2.99. The molecule has 0 fully saturated rings. The van der Waals surface area contributed by atoms with E-state index in [4.69, 9.17) is 5.11 Å². The van der Waals surface area contributed by atoms with Gasteiger partial charge in [0.25, 0.3) is 0 Å². The van der Waals surface area contributed by atoms with Crippen molar-refractivity contribution >= 4 is 38.7 Å². The monoisotopic (exact) mass is 342 g/mol. The van der Waals surface area contributed by atoms with E-state index in [9.17, 15) is 9.59 Å². The van der Waals surface area contributed by atoms with Crippen molar-refractivity contribution in [3.05, 3.63) is 42.2 Å². The van der Waals surface area contributed by atoms with E-state index in [2.05, 4.69) is 20.6 Å². The molecule has 0 atom stereocenters. The van der Waals surface area contributed by atoms with E-state index in [-0.39, 0.29) is 11.7 Å². The summed E-state index contributed by atoms with van der Waals surface area (Å²) in [5, 5.41) is 14.8. The zero-order valence-corrected chi connectivity index (χ0v) is 13.6. The summed E-state index contributed by atoms with van der Waals surface area (Å²) >= 11 is 1.39. The largest absolute Gasteiger partial charge is 0.477 e. The topological polar surface area (TPSA) is 104 Å². The maximum Gasteiger partial charge on any atom is 0.354 e. The molecule has 7 nitrogen and oxygen atoms in total. The number of anilines is 1. The Morgan fingerprint density at radius 1 is 1.21 bits per heavy atom. The molecular formula is C16H14N4O3S. The lowest BCUT2D eigenvalue weighted by Crippen LogP contribution is -2.28. The fraction of sp³-hybridized carbons (Fsp3) is 0.125. The van der Waals surface area contributed by atoms with Gasteiger partial charge in [-0.2, -0.15) is 0 Å². The van der Waals surface area contributed by atoms with E-state index in [0.29, 0.717) is 11.7 Å². The first-order chi connectivity index (χ1) is 11.6. The lowest BCUT2D eigenvalue weighted by molar-refractivity contribution is 0.0690. The van der Waals surface area contributed by atoms with Crippen LogP contribution in [0.4, 0.5) is 9.93 Å². The highest BCUT2D eigenvalue weighted by molar-refractivity contribution is 7.22. The van der Waals surface area contributed by atoms with Crippen LogP contribution in [0.5, 0.6) is 0 Å². The van der Waals surface area contributed by atoms with Gasteiger partial charge in [-0.1, -0.05) is 23.5 Å². The summed E-state index contributed by atoms with van der Waals surface area (Å²) in [4.78, 5) is 30.7. The molecule has 122 valence electrons. The number of thiazole rings is 1. The Morgan fingerprint density at radius 3 is 2.67 bits per heavy atom. The summed E-state index contributed by atoms with van der Waals surface area (Å²) in [7, 11) is 0. The average Bonchev–Trinajstić information content (AvgIpc) is 2.96. The molecule has 3 aromatic rings. The number of amides is 2. The van der Waals surface area contributed by atoms with Crippen LogP contribution in [0.15, 0.2) is 36.5 Å². The van der Waals surface area contributed by atoms with Crippen LogP contribution >= 0.6 is 11.3 Å². The van der Waals surface area contributed by atoms with Crippen molar-refractivity contribution in [3.63, 3.8) is 0 Å². The van der Waals surface area contributed by atoms with Gasteiger partial charge in [0.05, 0.1) is 10.2 Å². The summed E-state index contributed by atoms with van der Waals surface area (Å²) in [6.45, 7) is 2.38. The van der Waals surface area contributed by atoms with Crippen molar-refractivity contribution in [2.45, 2.75) is 6.92 Å². The molecule has 2 aromatic heterocycles. The number of benzene rings is 1. The number of fused-ring (bicyclic) bond motifs is 1. The van der Waals surface area contributed by atoms with E-state index in [1.165, 1.54) is 23.6 Å². The molecule has 0 unspecified atom stereocenters. The Hall–Kier alpha value is -3.00. The molecular weight excluding hydrogens is 328 g/mol. The third-order valence-electron chi connectivity index (χ3n) is 3.26. The van der Waals surface area contributed by atoms with Gasteiger partial charge in [0.15, 0.2) is 5.13 Å². The highest BCUT2D eigenvalue weighted by Gasteiger charge is 2.09. The number of urea groups is 1. The van der Waals surface area contributed by atoms with E-state index in [0.717, 1.165) is 21.3 Å². The smallest absolute Gasteiger partial charge is 0.354 e. The quantitative estimate of drug-likeness (QED) is 0.675. The van der Waals surface area contributed by atoms with Crippen molar-refractivity contribution in [1.82, 2.24) is 15.3 Å². The van der Waals surface area contributed by atoms with Crippen LogP contribution in [0, 0.1) is 0 Å². The van der Waals surface area contributed by atoms with Crippen molar-refractivity contribution < 1.29 is 14.7 Å². The lowest BCUT2D eigenvalue weighted by atomic mass is 10.1. The molecule has 8 heteroatoms. The SMILES string of the molecule is CCNC(=O)Nc1nc2cc(-c3ccc(C(=O)O)nc3)ccc2s1. The lowest BCUT2D eigenvalue weighted by Gasteiger charge is -2.01. The van der Waals surface area contributed by atoms with Gasteiger partial charge in [0.2, 0.25) is 0 Å². The number of carboxylic acids is 1. The van der Waals surface area contributed by atoms with E-state index >= 15 is 0 Å². The number of aromatic carboxylic acids is 1. The molecule has 0 saturated heterocycles. The predicted molar refractivity (Wildman–Crippen MR) is 92.5 cm³/mol. The molecule has 1 aromatic carbocycles. The maximum atomic E-state index is 11.6. The van der Waals surface area contributed by atoms with Gasteiger partial charge in [0, 0.05) is 18.3 Å². The number of pyridine rings is 1. The van der Waals surface area contributed by atoms with Crippen molar-refractivity contribution in [1.29, 1.82) is 0 Å². The molecule has 3 N–H and O–H groups in total. The molecule has 0 aliphatic heterocycles. The van der Waals surface area contributed by atoms with E-state index in [1.807, 2.05) is 25.1 Å². The third-order valence-corrected chi connectivity index (χ3v) is 4.21. The van der Waals surface area contributed by atoms with Gasteiger partial charge < -0.3 is 10.4 Å².